The highest BCUT2D eigenvalue weighted by atomic mass is 32.2. The summed E-state index contributed by atoms with van der Waals surface area (Å²) in [6.45, 7) is 15.6. The molecule has 0 radical (unpaired) electrons. The van der Waals surface area contributed by atoms with Crippen molar-refractivity contribution in [1.82, 2.24) is 10.3 Å². The predicted octanol–water partition coefficient (Wildman–Crippen LogP) is 6.35. The maximum Gasteiger partial charge on any atom is 0.221 e. The highest BCUT2D eigenvalue weighted by molar-refractivity contribution is 8.03. The molecule has 0 aliphatic rings. The van der Waals surface area contributed by atoms with E-state index in [1.807, 2.05) is 41.7 Å². The Labute approximate surface area is 208 Å². The second-order valence-corrected chi connectivity index (χ2v) is 13.2. The summed E-state index contributed by atoms with van der Waals surface area (Å²) in [5.41, 5.74) is 2.76. The second kappa shape index (κ2) is 12.2. The number of thioether (sulfide) groups is 2. The molecule has 0 spiro atoms. The Morgan fingerprint density at radius 1 is 1.06 bits per heavy atom. The zero-order valence-corrected chi connectivity index (χ0v) is 22.8. The van der Waals surface area contributed by atoms with Gasteiger partial charge < -0.3 is 10.4 Å². The molecular formula is C27H40N2O2S2. The maximum absolute atomic E-state index is 12.2. The molecule has 2 aromatic rings. The molecule has 1 atom stereocenters. The van der Waals surface area contributed by atoms with Gasteiger partial charge in [0.1, 0.15) is 5.75 Å². The number of benzene rings is 1. The van der Waals surface area contributed by atoms with Gasteiger partial charge in [0, 0.05) is 64.1 Å². The van der Waals surface area contributed by atoms with Crippen LogP contribution in [0.3, 0.4) is 0 Å². The monoisotopic (exact) mass is 488 g/mol. The fourth-order valence-electron chi connectivity index (χ4n) is 3.51. The summed E-state index contributed by atoms with van der Waals surface area (Å²) >= 11 is 3.66. The molecule has 1 heterocycles. The quantitative estimate of drug-likeness (QED) is 0.302. The van der Waals surface area contributed by atoms with Crippen LogP contribution in [0.5, 0.6) is 5.75 Å². The topological polar surface area (TPSA) is 62.2 Å². The lowest BCUT2D eigenvalue weighted by molar-refractivity contribution is -0.120. The number of carbonyl (C=O) groups excluding carboxylic acids is 1. The molecule has 0 aliphatic carbocycles. The first kappa shape index (κ1) is 27.6. The molecular weight excluding hydrogens is 448 g/mol. The van der Waals surface area contributed by atoms with Crippen LogP contribution in [0.1, 0.15) is 71.7 Å². The van der Waals surface area contributed by atoms with Gasteiger partial charge in [0.15, 0.2) is 0 Å². The van der Waals surface area contributed by atoms with E-state index in [9.17, 15) is 9.90 Å². The van der Waals surface area contributed by atoms with Crippen LogP contribution in [0, 0.1) is 0 Å². The molecule has 6 heteroatoms. The minimum Gasteiger partial charge on any atom is -0.507 e. The van der Waals surface area contributed by atoms with Gasteiger partial charge >= 0.3 is 0 Å². The maximum atomic E-state index is 12.2. The Balaban J connectivity index is 1.81. The Hall–Kier alpha value is -1.66. The van der Waals surface area contributed by atoms with Crippen molar-refractivity contribution >= 4 is 29.4 Å². The lowest BCUT2D eigenvalue weighted by atomic mass is 9.79. The summed E-state index contributed by atoms with van der Waals surface area (Å²) in [5, 5.41) is 14.2. The molecule has 33 heavy (non-hydrogen) atoms. The van der Waals surface area contributed by atoms with Crippen LogP contribution in [-0.4, -0.2) is 39.3 Å². The van der Waals surface area contributed by atoms with Gasteiger partial charge in [-0.3, -0.25) is 9.78 Å². The molecule has 2 rings (SSSR count). The molecule has 2 N–H and O–H groups in total. The van der Waals surface area contributed by atoms with Gasteiger partial charge in [-0.15, -0.1) is 11.8 Å². The van der Waals surface area contributed by atoms with Gasteiger partial charge in [-0.1, -0.05) is 54.5 Å². The number of pyridine rings is 1. The molecule has 1 unspecified atom stereocenters. The van der Waals surface area contributed by atoms with Crippen LogP contribution in [-0.2, 0) is 22.0 Å². The number of nitrogens with one attached hydrogen (secondary N) is 1. The number of phenolic OH excluding ortho intramolecular Hbond substituents is 1. The van der Waals surface area contributed by atoms with Crippen LogP contribution in [0.15, 0.2) is 41.4 Å². The third-order valence-corrected chi connectivity index (χ3v) is 7.77. The first-order valence-corrected chi connectivity index (χ1v) is 13.7. The van der Waals surface area contributed by atoms with Crippen molar-refractivity contribution in [1.29, 1.82) is 0 Å². The summed E-state index contributed by atoms with van der Waals surface area (Å²) in [5.74, 6) is 2.47. The number of nitrogens with zero attached hydrogens (tertiary/aromatic N) is 1. The third-order valence-electron chi connectivity index (χ3n) is 5.36. The normalized spacial score (nSPS) is 13.1. The molecule has 4 nitrogen and oxygen atoms in total. The van der Waals surface area contributed by atoms with E-state index in [1.165, 1.54) is 4.90 Å². The van der Waals surface area contributed by atoms with Crippen LogP contribution in [0.4, 0.5) is 0 Å². The van der Waals surface area contributed by atoms with Crippen molar-refractivity contribution in [2.24, 2.45) is 0 Å². The first-order valence-electron chi connectivity index (χ1n) is 11.7. The molecule has 1 amide bonds. The van der Waals surface area contributed by atoms with Crippen LogP contribution in [0.2, 0.25) is 0 Å². The summed E-state index contributed by atoms with van der Waals surface area (Å²) in [4.78, 5) is 17.7. The molecule has 0 saturated heterocycles. The van der Waals surface area contributed by atoms with Crippen molar-refractivity contribution < 1.29 is 9.90 Å². The van der Waals surface area contributed by atoms with E-state index in [2.05, 4.69) is 70.9 Å². The SMILES string of the molecule is CC(CC(=O)NCCc1ccccn1)SCCSc1cc(C(C)(C)C)c(O)c(C(C)(C)C)c1. The van der Waals surface area contributed by atoms with Crippen molar-refractivity contribution in [2.75, 3.05) is 18.1 Å². The smallest absolute Gasteiger partial charge is 0.221 e. The standard InChI is InChI=1S/C27H40N2O2S2/c1-19(16-24(30)29-13-11-20-10-8-9-12-28-20)32-14-15-33-21-17-22(26(2,3)4)25(31)23(18-21)27(5,6)7/h8-10,12,17-19,31H,11,13-16H2,1-7H3,(H,29,30). The lowest BCUT2D eigenvalue weighted by Gasteiger charge is -2.28. The molecule has 0 saturated carbocycles. The molecule has 0 aliphatic heterocycles. The van der Waals surface area contributed by atoms with Crippen LogP contribution >= 0.6 is 23.5 Å². The number of aromatic nitrogens is 1. The van der Waals surface area contributed by atoms with Crippen molar-refractivity contribution in [2.45, 2.75) is 82.3 Å². The highest BCUT2D eigenvalue weighted by Crippen LogP contribution is 2.41. The molecule has 1 aromatic carbocycles. The predicted molar refractivity (Wildman–Crippen MR) is 144 cm³/mol. The number of hydrogen-bond acceptors (Lipinski definition) is 5. The number of phenols is 1. The van der Waals surface area contributed by atoms with Crippen LogP contribution in [0.25, 0.3) is 0 Å². The van der Waals surface area contributed by atoms with E-state index >= 15 is 0 Å². The average Bonchev–Trinajstić information content (AvgIpc) is 2.71. The van der Waals surface area contributed by atoms with Gasteiger partial charge in [-0.2, -0.15) is 11.8 Å². The highest BCUT2D eigenvalue weighted by Gasteiger charge is 2.26. The summed E-state index contributed by atoms with van der Waals surface area (Å²) < 4.78 is 0. The largest absolute Gasteiger partial charge is 0.507 e. The van der Waals surface area contributed by atoms with Crippen molar-refractivity contribution in [3.63, 3.8) is 0 Å². The third kappa shape index (κ3) is 9.24. The van der Waals surface area contributed by atoms with Gasteiger partial charge in [0.25, 0.3) is 0 Å². The Bertz CT molecular complexity index is 868. The minimum atomic E-state index is -0.117. The summed E-state index contributed by atoms with van der Waals surface area (Å²) in [6, 6.07) is 10.1. The van der Waals surface area contributed by atoms with E-state index in [4.69, 9.17) is 0 Å². The molecule has 182 valence electrons. The average molecular weight is 489 g/mol. The number of rotatable bonds is 10. The number of amides is 1. The Morgan fingerprint density at radius 3 is 2.24 bits per heavy atom. The summed E-state index contributed by atoms with van der Waals surface area (Å²) in [6.07, 6.45) is 3.06. The fourth-order valence-corrected chi connectivity index (χ4v) is 5.54. The van der Waals surface area contributed by atoms with E-state index in [0.29, 0.717) is 18.7 Å². The van der Waals surface area contributed by atoms with Gasteiger partial charge in [-0.05, 0) is 35.1 Å². The number of hydrogen-bond donors (Lipinski definition) is 2. The van der Waals surface area contributed by atoms with Gasteiger partial charge in [0.2, 0.25) is 5.91 Å². The molecule has 0 fully saturated rings. The zero-order chi connectivity index (χ0) is 24.6. The van der Waals surface area contributed by atoms with E-state index in [-0.39, 0.29) is 22.0 Å². The van der Waals surface area contributed by atoms with Crippen molar-refractivity contribution in [3.05, 3.63) is 53.3 Å². The van der Waals surface area contributed by atoms with Gasteiger partial charge in [0.05, 0.1) is 0 Å². The lowest BCUT2D eigenvalue weighted by Crippen LogP contribution is -2.28. The molecule has 0 bridgehead atoms. The number of carbonyl (C=O) groups is 1. The van der Waals surface area contributed by atoms with E-state index in [1.54, 1.807) is 6.20 Å². The first-order chi connectivity index (χ1) is 15.4. The summed E-state index contributed by atoms with van der Waals surface area (Å²) in [7, 11) is 0. The van der Waals surface area contributed by atoms with Crippen molar-refractivity contribution in [3.8, 4) is 5.75 Å². The number of aromatic hydroxyl groups is 1. The van der Waals surface area contributed by atoms with E-state index < -0.39 is 0 Å². The molecule has 1 aromatic heterocycles. The Kier molecular flexibility index (Phi) is 10.2. The zero-order valence-electron chi connectivity index (χ0n) is 21.2. The second-order valence-electron chi connectivity index (χ2n) is 10.5. The Morgan fingerprint density at radius 2 is 1.70 bits per heavy atom. The fraction of sp³-hybridized carbons (Fsp3) is 0.556. The minimum absolute atomic E-state index is 0.0988. The van der Waals surface area contributed by atoms with Crippen LogP contribution < -0.4 is 5.32 Å². The van der Waals surface area contributed by atoms with E-state index in [0.717, 1.165) is 34.7 Å². The van der Waals surface area contributed by atoms with Gasteiger partial charge in [-0.25, -0.2) is 0 Å².